The fourth-order valence-corrected chi connectivity index (χ4v) is 1.25. The number of aromatic hydroxyl groups is 1. The zero-order valence-electron chi connectivity index (χ0n) is 9.88. The van der Waals surface area contributed by atoms with Crippen LogP contribution in [0.5, 0.6) is 5.88 Å². The lowest BCUT2D eigenvalue weighted by atomic mass is 10.1. The van der Waals surface area contributed by atoms with Gasteiger partial charge in [-0.25, -0.2) is 8.78 Å². The number of aromatic amines is 1. The molecule has 0 bridgehead atoms. The lowest BCUT2D eigenvalue weighted by molar-refractivity contribution is -0.168. The fourth-order valence-electron chi connectivity index (χ4n) is 1.25. The van der Waals surface area contributed by atoms with Crippen LogP contribution in [0, 0.1) is 0 Å². The van der Waals surface area contributed by atoms with Crippen LogP contribution in [-0.2, 0) is 11.3 Å². The van der Waals surface area contributed by atoms with Gasteiger partial charge in [0.2, 0.25) is 5.88 Å². The van der Waals surface area contributed by atoms with E-state index in [0.29, 0.717) is 5.69 Å². The maximum atomic E-state index is 12.5. The summed E-state index contributed by atoms with van der Waals surface area (Å²) in [7, 11) is 0. The summed E-state index contributed by atoms with van der Waals surface area (Å²) in [6.45, 7) is 1.79. The smallest absolute Gasteiger partial charge is 0.330 e. The van der Waals surface area contributed by atoms with E-state index in [2.05, 4.69) is 14.7 Å². The van der Waals surface area contributed by atoms with Gasteiger partial charge in [0.15, 0.2) is 0 Å². The molecule has 0 saturated carbocycles. The second kappa shape index (κ2) is 5.55. The van der Waals surface area contributed by atoms with E-state index in [9.17, 15) is 22.7 Å². The van der Waals surface area contributed by atoms with E-state index in [1.807, 2.05) is 0 Å². The molecular weight excluding hydrogens is 256 g/mol. The standard InChI is InChI=1S/C10H14F4N2O2/c1-5(2)7-8(17)16-6(15-7)3-18-4-10(13,14)9(11)12/h5,9,17H,3-4H2,1-2H3,(H,15,16). The minimum absolute atomic E-state index is 0.0336. The number of aromatic nitrogens is 2. The zero-order valence-corrected chi connectivity index (χ0v) is 9.88. The van der Waals surface area contributed by atoms with Gasteiger partial charge in [0, 0.05) is 0 Å². The summed E-state index contributed by atoms with van der Waals surface area (Å²) in [5.41, 5.74) is 0.439. The highest BCUT2D eigenvalue weighted by molar-refractivity contribution is 5.22. The van der Waals surface area contributed by atoms with Crippen LogP contribution in [0.15, 0.2) is 0 Å². The van der Waals surface area contributed by atoms with E-state index >= 15 is 0 Å². The van der Waals surface area contributed by atoms with Crippen LogP contribution < -0.4 is 0 Å². The molecule has 4 nitrogen and oxygen atoms in total. The highest BCUT2D eigenvalue weighted by Crippen LogP contribution is 2.25. The number of H-pyrrole nitrogens is 1. The number of halogens is 4. The molecule has 0 unspecified atom stereocenters. The number of rotatable bonds is 6. The number of alkyl halides is 4. The van der Waals surface area contributed by atoms with Crippen LogP contribution in [0.4, 0.5) is 17.6 Å². The Labute approximate surface area is 101 Å². The third kappa shape index (κ3) is 3.59. The quantitative estimate of drug-likeness (QED) is 0.781. The van der Waals surface area contributed by atoms with Crippen molar-refractivity contribution in [3.63, 3.8) is 0 Å². The van der Waals surface area contributed by atoms with Gasteiger partial charge >= 0.3 is 12.3 Å². The number of nitrogens with one attached hydrogen (secondary N) is 1. The zero-order chi connectivity index (χ0) is 13.9. The molecule has 0 saturated heterocycles. The van der Waals surface area contributed by atoms with Crippen molar-refractivity contribution in [2.45, 2.75) is 38.7 Å². The maximum absolute atomic E-state index is 12.5. The first kappa shape index (κ1) is 14.7. The number of hydrogen-bond acceptors (Lipinski definition) is 3. The summed E-state index contributed by atoms with van der Waals surface area (Å²) in [6.07, 6.45) is -3.77. The average molecular weight is 270 g/mol. The van der Waals surface area contributed by atoms with Gasteiger partial charge in [-0.05, 0) is 5.92 Å². The third-order valence-corrected chi connectivity index (χ3v) is 2.19. The molecule has 0 fully saturated rings. The van der Waals surface area contributed by atoms with Gasteiger partial charge in [-0.2, -0.15) is 13.8 Å². The van der Waals surface area contributed by atoms with Crippen LogP contribution in [-0.4, -0.2) is 34.0 Å². The van der Waals surface area contributed by atoms with E-state index < -0.39 is 25.6 Å². The molecular formula is C10H14F4N2O2. The molecule has 104 valence electrons. The molecule has 0 radical (unpaired) electrons. The number of hydrogen-bond donors (Lipinski definition) is 2. The fraction of sp³-hybridized carbons (Fsp3) is 0.700. The molecule has 0 aromatic carbocycles. The Hall–Kier alpha value is -1.31. The summed E-state index contributed by atoms with van der Waals surface area (Å²) in [4.78, 5) is 6.32. The van der Waals surface area contributed by atoms with E-state index in [1.54, 1.807) is 13.8 Å². The Balaban J connectivity index is 2.52. The number of nitrogens with zero attached hydrogens (tertiary/aromatic N) is 1. The first-order chi connectivity index (χ1) is 8.24. The van der Waals surface area contributed by atoms with E-state index in [0.717, 1.165) is 0 Å². The van der Waals surface area contributed by atoms with Crippen molar-refractivity contribution in [3.8, 4) is 5.88 Å². The summed E-state index contributed by atoms with van der Waals surface area (Å²) >= 11 is 0. The van der Waals surface area contributed by atoms with Crippen molar-refractivity contribution in [1.82, 2.24) is 9.97 Å². The Morgan fingerprint density at radius 1 is 1.39 bits per heavy atom. The highest BCUT2D eigenvalue weighted by Gasteiger charge is 2.41. The Morgan fingerprint density at radius 2 is 2.00 bits per heavy atom. The molecule has 1 aromatic rings. The molecule has 0 atom stereocenters. The van der Waals surface area contributed by atoms with Crippen molar-refractivity contribution in [3.05, 3.63) is 11.5 Å². The molecule has 18 heavy (non-hydrogen) atoms. The molecule has 1 heterocycles. The van der Waals surface area contributed by atoms with Gasteiger partial charge in [-0.3, -0.25) is 0 Å². The monoisotopic (exact) mass is 270 g/mol. The van der Waals surface area contributed by atoms with Crippen molar-refractivity contribution < 1.29 is 27.4 Å². The summed E-state index contributed by atoms with van der Waals surface area (Å²) in [5.74, 6) is -4.35. The number of ether oxygens (including phenoxy) is 1. The molecule has 1 aromatic heterocycles. The van der Waals surface area contributed by atoms with E-state index in [4.69, 9.17) is 0 Å². The molecule has 0 aliphatic heterocycles. The minimum atomic E-state index is -4.19. The second-order valence-corrected chi connectivity index (χ2v) is 4.13. The maximum Gasteiger partial charge on any atom is 0.330 e. The Morgan fingerprint density at radius 3 is 2.44 bits per heavy atom. The Bertz CT molecular complexity index is 393. The summed E-state index contributed by atoms with van der Waals surface area (Å²) < 4.78 is 53.1. The summed E-state index contributed by atoms with van der Waals surface area (Å²) in [6, 6.07) is 0. The molecule has 1 rings (SSSR count). The van der Waals surface area contributed by atoms with Crippen LogP contribution in [0.3, 0.4) is 0 Å². The summed E-state index contributed by atoms with van der Waals surface area (Å²) in [5, 5.41) is 9.38. The first-order valence-corrected chi connectivity index (χ1v) is 5.25. The SMILES string of the molecule is CC(C)c1[nH]c(COCC(F)(F)C(F)F)nc1O. The van der Waals surface area contributed by atoms with Crippen LogP contribution in [0.25, 0.3) is 0 Å². The van der Waals surface area contributed by atoms with Gasteiger partial charge in [-0.1, -0.05) is 13.8 Å². The van der Waals surface area contributed by atoms with Gasteiger partial charge in [0.1, 0.15) is 19.0 Å². The minimum Gasteiger partial charge on any atom is -0.492 e. The molecule has 0 aliphatic rings. The van der Waals surface area contributed by atoms with Crippen LogP contribution >= 0.6 is 0 Å². The largest absolute Gasteiger partial charge is 0.492 e. The van der Waals surface area contributed by atoms with Gasteiger partial charge in [0.25, 0.3) is 0 Å². The first-order valence-electron chi connectivity index (χ1n) is 5.25. The molecule has 0 amide bonds. The molecule has 8 heteroatoms. The third-order valence-electron chi connectivity index (χ3n) is 2.19. The van der Waals surface area contributed by atoms with Crippen molar-refractivity contribution in [2.75, 3.05) is 6.61 Å². The predicted octanol–water partition coefficient (Wildman–Crippen LogP) is 2.66. The van der Waals surface area contributed by atoms with Crippen LogP contribution in [0.1, 0.15) is 31.3 Å². The van der Waals surface area contributed by atoms with Gasteiger partial charge in [-0.15, -0.1) is 0 Å². The van der Waals surface area contributed by atoms with Crippen molar-refractivity contribution >= 4 is 0 Å². The van der Waals surface area contributed by atoms with Crippen molar-refractivity contribution in [1.29, 1.82) is 0 Å². The topological polar surface area (TPSA) is 58.1 Å². The molecule has 0 aliphatic carbocycles. The van der Waals surface area contributed by atoms with Crippen molar-refractivity contribution in [2.24, 2.45) is 0 Å². The molecule has 2 N–H and O–H groups in total. The normalized spacial score (nSPS) is 12.7. The predicted molar refractivity (Wildman–Crippen MR) is 54.9 cm³/mol. The van der Waals surface area contributed by atoms with Gasteiger partial charge < -0.3 is 14.8 Å². The van der Waals surface area contributed by atoms with E-state index in [1.165, 1.54) is 0 Å². The Kier molecular flexibility index (Phi) is 4.55. The van der Waals surface area contributed by atoms with E-state index in [-0.39, 0.29) is 17.6 Å². The number of imidazole rings is 1. The lowest BCUT2D eigenvalue weighted by Gasteiger charge is -2.14. The lowest BCUT2D eigenvalue weighted by Crippen LogP contribution is -2.32. The van der Waals surface area contributed by atoms with Crippen LogP contribution in [0.2, 0.25) is 0 Å². The second-order valence-electron chi connectivity index (χ2n) is 4.13. The van der Waals surface area contributed by atoms with Gasteiger partial charge in [0.05, 0.1) is 5.69 Å². The highest BCUT2D eigenvalue weighted by atomic mass is 19.3. The molecule has 0 spiro atoms. The average Bonchev–Trinajstić information content (AvgIpc) is 2.59.